The predicted octanol–water partition coefficient (Wildman–Crippen LogP) is 8.41. The molecular weight excluding hydrogens is 1050 g/mol. The van der Waals surface area contributed by atoms with Gasteiger partial charge in [-0.3, -0.25) is 24.0 Å². The van der Waals surface area contributed by atoms with Crippen molar-refractivity contribution in [3.05, 3.63) is 134 Å². The first-order chi connectivity index (χ1) is 38.1. The minimum Gasteiger partial charge on any atom is -0.487 e. The van der Waals surface area contributed by atoms with Gasteiger partial charge in [0.2, 0.25) is 29.5 Å². The van der Waals surface area contributed by atoms with Crippen LogP contribution >= 0.6 is 23.2 Å². The molecule has 1 heterocycles. The summed E-state index contributed by atoms with van der Waals surface area (Å²) in [4.78, 5) is 82.0. The van der Waals surface area contributed by atoms with Crippen LogP contribution in [-0.2, 0) is 70.1 Å². The van der Waals surface area contributed by atoms with Crippen LogP contribution in [0.2, 0.25) is 10.0 Å². The topological polar surface area (TPSA) is 232 Å². The van der Waals surface area contributed by atoms with Crippen LogP contribution in [0.4, 0.5) is 5.69 Å². The largest absolute Gasteiger partial charge is 0.487 e. The first-order valence-electron chi connectivity index (χ1n) is 27.6. The van der Waals surface area contributed by atoms with Crippen LogP contribution in [0, 0.1) is 46.8 Å². The summed E-state index contributed by atoms with van der Waals surface area (Å²) in [6.07, 6.45) is 10.1. The number of allylic oxidation sites excluding steroid dienone is 1. The Hall–Kier alpha value is -6.32. The van der Waals surface area contributed by atoms with E-state index in [1.807, 2.05) is 68.4 Å². The third-order valence-corrected chi connectivity index (χ3v) is 17.4. The van der Waals surface area contributed by atoms with E-state index in [1.54, 1.807) is 49.6 Å². The molecule has 4 aromatic carbocycles. The monoisotopic (exact) mass is 1120 g/mol. The number of carbonyl (C=O) groups is 5. The summed E-state index contributed by atoms with van der Waals surface area (Å²) >= 11 is 13.5. The van der Waals surface area contributed by atoms with E-state index in [0.717, 1.165) is 36.0 Å². The lowest BCUT2D eigenvalue weighted by Crippen LogP contribution is -2.71. The van der Waals surface area contributed by atoms with Gasteiger partial charge >= 0.3 is 0 Å². The van der Waals surface area contributed by atoms with Gasteiger partial charge in [-0.1, -0.05) is 97.7 Å². The van der Waals surface area contributed by atoms with E-state index in [4.69, 9.17) is 48.2 Å². The molecule has 1 aliphatic heterocycles. The average Bonchev–Trinajstić information content (AvgIpc) is 1.93. The molecule has 7 N–H and O–H groups in total. The molecular formula is C61H71Cl2N7O9. The molecule has 10 atom stereocenters. The number of carbonyl (C=O) groups excluding carboxylic acids is 5. The highest BCUT2D eigenvalue weighted by Gasteiger charge is 2.80. The van der Waals surface area contributed by atoms with Gasteiger partial charge in [0.25, 0.3) is 5.79 Å². The first kappa shape index (κ1) is 57.4. The number of anilines is 1. The number of nitrogens with zero attached hydrogens (tertiary/aromatic N) is 1. The van der Waals surface area contributed by atoms with Crippen LogP contribution in [-0.4, -0.2) is 73.0 Å². The minimum atomic E-state index is -1.23. The molecule has 5 fully saturated rings. The summed E-state index contributed by atoms with van der Waals surface area (Å²) in [5.74, 6) is -1.90. The Morgan fingerprint density at radius 2 is 1.48 bits per heavy atom. The highest BCUT2D eigenvalue weighted by atomic mass is 35.5. The number of hydrogen-bond donors (Lipinski definition) is 6. The van der Waals surface area contributed by atoms with Crippen molar-refractivity contribution >= 4 is 64.5 Å². The minimum absolute atomic E-state index is 0.0155. The van der Waals surface area contributed by atoms with E-state index in [-0.39, 0.29) is 49.5 Å². The molecule has 0 aromatic heterocycles. The highest BCUT2D eigenvalue weighted by Crippen LogP contribution is 2.73. The molecule has 16 nitrogen and oxygen atoms in total. The van der Waals surface area contributed by atoms with Gasteiger partial charge in [-0.15, -0.1) is 0 Å². The van der Waals surface area contributed by atoms with Crippen LogP contribution in [0.5, 0.6) is 5.75 Å². The number of rotatable bonds is 24. The van der Waals surface area contributed by atoms with E-state index < -0.39 is 59.2 Å². The SMILES string of the molecule is COC1(c2ccc(/C=C/C#N)c(OCc3ccc(NC(=O)[C@H](CC(C)C)NC(=O)[C@H](CCCCN)NC(=O)[C@H](Cc4ccc(Cl)cc4)NC(=O)[C@@H](NC(C)=O)C4Cc5ccccc5C4)cc3)c2Cl)OOC12C1CC3CC(C1)C2C3. The summed E-state index contributed by atoms with van der Waals surface area (Å²) in [7, 11) is 1.62. The second kappa shape index (κ2) is 25.0. The molecule has 10 rings (SSSR count). The molecule has 4 bridgehead atoms. The van der Waals surface area contributed by atoms with E-state index in [0.29, 0.717) is 88.2 Å². The van der Waals surface area contributed by atoms with E-state index in [2.05, 4.69) is 26.6 Å². The summed E-state index contributed by atoms with van der Waals surface area (Å²) in [6.45, 7) is 5.68. The number of methoxy groups -OCH3 is 1. The van der Waals surface area contributed by atoms with E-state index >= 15 is 0 Å². The Balaban J connectivity index is 0.875. The standard InChI is InChI=1S/C61H71Cl2N7O9/c1-35(2)26-51(69-56(72)50(13-7-8-24-64)68-58(74)52(30-37-14-19-46(62)20-15-37)70-59(75)54(66-36(3)71)44-31-41-10-5-6-11-42(41)32-44)57(73)67-47-21-16-38(17-22-47)34-77-55-40(12-9-25-65)18-23-48(53(55)63)61(76-4)60(78-79-61)45-28-39-27-43(33-45)49(60)29-39/h5-6,9-12,14-23,35,39,43-45,49-52,54H,7-8,13,24,26-34,64H2,1-4H3,(H,66,71)(H,67,73)(H,68,74)(H,69,72)(H,70,75)/b12-9+/t39?,43?,45?,49?,50-,51-,52-,54-,60?,61?/m0/s1. The zero-order valence-electron chi connectivity index (χ0n) is 45.2. The van der Waals surface area contributed by atoms with E-state index in [1.165, 1.54) is 19.4 Å². The summed E-state index contributed by atoms with van der Waals surface area (Å²) in [6, 6.07) is 23.4. The summed E-state index contributed by atoms with van der Waals surface area (Å²) in [5.41, 5.74) is 10.5. The van der Waals surface area contributed by atoms with Gasteiger partial charge in [0.15, 0.2) is 5.60 Å². The number of nitrogens with one attached hydrogen (secondary N) is 5. The molecule has 5 aliphatic carbocycles. The molecule has 418 valence electrons. The lowest BCUT2D eigenvalue weighted by atomic mass is 9.65. The van der Waals surface area contributed by atoms with Crippen molar-refractivity contribution in [2.24, 2.45) is 41.2 Å². The maximum absolute atomic E-state index is 14.5. The number of unbranched alkanes of at least 4 members (excludes halogenated alkanes) is 1. The zero-order chi connectivity index (χ0) is 56.0. The van der Waals surface area contributed by atoms with Crippen molar-refractivity contribution in [1.82, 2.24) is 21.3 Å². The highest BCUT2D eigenvalue weighted by molar-refractivity contribution is 6.33. The number of nitriles is 1. The van der Waals surface area contributed by atoms with E-state index in [9.17, 15) is 29.2 Å². The predicted molar refractivity (Wildman–Crippen MR) is 300 cm³/mol. The lowest BCUT2D eigenvalue weighted by molar-refractivity contribution is -0.635. The number of halogens is 2. The van der Waals surface area contributed by atoms with Crippen LogP contribution in [0.15, 0.2) is 91.0 Å². The number of nitrogens with two attached hydrogens (primary N) is 1. The van der Waals surface area contributed by atoms with Gasteiger partial charge in [-0.25, -0.2) is 4.89 Å². The third-order valence-electron chi connectivity index (χ3n) is 16.8. The number of benzene rings is 4. The molecule has 18 heteroatoms. The molecule has 4 aromatic rings. The second-order valence-corrected chi connectivity index (χ2v) is 23.3. The van der Waals surface area contributed by atoms with Gasteiger partial charge in [-0.05, 0) is 153 Å². The van der Waals surface area contributed by atoms with Crippen molar-refractivity contribution in [2.75, 3.05) is 19.0 Å². The van der Waals surface area contributed by atoms with Crippen molar-refractivity contribution in [1.29, 1.82) is 5.26 Å². The van der Waals surface area contributed by atoms with Crippen molar-refractivity contribution < 1.29 is 43.2 Å². The first-order valence-corrected chi connectivity index (χ1v) is 28.3. The maximum Gasteiger partial charge on any atom is 0.262 e. The Morgan fingerprint density at radius 1 is 0.797 bits per heavy atom. The Bertz CT molecular complexity index is 2940. The lowest BCUT2D eigenvalue weighted by Gasteiger charge is -2.60. The molecule has 5 amide bonds. The van der Waals surface area contributed by atoms with Crippen LogP contribution < -0.4 is 37.1 Å². The van der Waals surface area contributed by atoms with Crippen molar-refractivity contribution in [3.8, 4) is 11.8 Å². The molecule has 4 saturated carbocycles. The number of fused-ring (bicyclic) bond motifs is 1. The second-order valence-electron chi connectivity index (χ2n) is 22.5. The Kier molecular flexibility index (Phi) is 18.2. The van der Waals surface area contributed by atoms with Crippen molar-refractivity contribution in [2.45, 2.75) is 134 Å². The molecule has 1 saturated heterocycles. The summed E-state index contributed by atoms with van der Waals surface area (Å²) in [5, 5.41) is 24.8. The molecule has 0 radical (unpaired) electrons. The summed E-state index contributed by atoms with van der Waals surface area (Å²) < 4.78 is 12.8. The normalized spacial score (nSPS) is 24.0. The Labute approximate surface area is 472 Å². The smallest absolute Gasteiger partial charge is 0.262 e. The molecule has 79 heavy (non-hydrogen) atoms. The van der Waals surface area contributed by atoms with Gasteiger partial charge in [0.1, 0.15) is 36.5 Å². The van der Waals surface area contributed by atoms with Gasteiger partial charge in [0.05, 0.1) is 11.1 Å². The fourth-order valence-corrected chi connectivity index (χ4v) is 13.7. The Morgan fingerprint density at radius 3 is 2.11 bits per heavy atom. The fourth-order valence-electron chi connectivity index (χ4n) is 13.2. The fraction of sp³-hybridized carbons (Fsp3) is 0.475. The van der Waals surface area contributed by atoms with Crippen LogP contribution in [0.1, 0.15) is 106 Å². The molecule has 1 spiro atoms. The number of amides is 5. The van der Waals surface area contributed by atoms with Crippen molar-refractivity contribution in [3.63, 3.8) is 0 Å². The van der Waals surface area contributed by atoms with Crippen LogP contribution in [0.25, 0.3) is 6.08 Å². The van der Waals surface area contributed by atoms with Crippen LogP contribution in [0.3, 0.4) is 0 Å². The van der Waals surface area contributed by atoms with Gasteiger partial charge < -0.3 is 41.8 Å². The number of hydrogen-bond acceptors (Lipinski definition) is 11. The van der Waals surface area contributed by atoms with Gasteiger partial charge in [0, 0.05) is 54.3 Å². The quantitative estimate of drug-likeness (QED) is 0.0222. The molecule has 6 unspecified atom stereocenters. The maximum atomic E-state index is 14.5. The zero-order valence-corrected chi connectivity index (χ0v) is 46.7. The average molecular weight is 1120 g/mol. The third kappa shape index (κ3) is 12.2. The molecule has 6 aliphatic rings. The number of ether oxygens (including phenoxy) is 2. The van der Waals surface area contributed by atoms with Gasteiger partial charge in [-0.2, -0.15) is 10.1 Å².